The quantitative estimate of drug-likeness (QED) is 0.812. The van der Waals surface area contributed by atoms with Gasteiger partial charge in [-0.1, -0.05) is 22.0 Å². The van der Waals surface area contributed by atoms with E-state index < -0.39 is 21.5 Å². The Hall–Kier alpha value is -2.11. The molecule has 0 spiro atoms. The lowest BCUT2D eigenvalue weighted by Crippen LogP contribution is -2.16. The highest BCUT2D eigenvalue weighted by Gasteiger charge is 2.20. The van der Waals surface area contributed by atoms with E-state index in [0.29, 0.717) is 4.47 Å². The Morgan fingerprint density at radius 1 is 1.29 bits per heavy atom. The van der Waals surface area contributed by atoms with E-state index in [9.17, 15) is 12.8 Å². The maximum atomic E-state index is 13.4. The molecule has 0 fully saturated rings. The molecule has 2 aromatic rings. The second-order valence-corrected chi connectivity index (χ2v) is 6.63. The second kappa shape index (κ2) is 5.71. The standard InChI is InChI=1S/C13H9BrFN3O2S/c14-9-4-5-11(8(6-9)7-16)18-21(19,20)12-3-1-2-10(15)13(12)17/h1-6,18H,17H2. The van der Waals surface area contributed by atoms with Crippen LogP contribution in [0.1, 0.15) is 5.56 Å². The second-order valence-electron chi connectivity index (χ2n) is 4.06. The van der Waals surface area contributed by atoms with Crippen LogP contribution in [0.15, 0.2) is 45.8 Å². The van der Waals surface area contributed by atoms with Crippen molar-refractivity contribution < 1.29 is 12.8 Å². The fourth-order valence-electron chi connectivity index (χ4n) is 1.65. The minimum atomic E-state index is -4.09. The van der Waals surface area contributed by atoms with Gasteiger partial charge in [-0.05, 0) is 30.3 Å². The molecule has 0 radical (unpaired) electrons. The van der Waals surface area contributed by atoms with Crippen molar-refractivity contribution in [3.63, 3.8) is 0 Å². The van der Waals surface area contributed by atoms with Gasteiger partial charge in [-0.25, -0.2) is 12.8 Å². The van der Waals surface area contributed by atoms with Gasteiger partial charge in [0, 0.05) is 4.47 Å². The monoisotopic (exact) mass is 369 g/mol. The van der Waals surface area contributed by atoms with Crippen LogP contribution in [0.25, 0.3) is 0 Å². The molecule has 0 saturated carbocycles. The van der Waals surface area contributed by atoms with Gasteiger partial charge < -0.3 is 5.73 Å². The van der Waals surface area contributed by atoms with E-state index in [0.717, 1.165) is 6.07 Å². The lowest BCUT2D eigenvalue weighted by Gasteiger charge is -2.11. The van der Waals surface area contributed by atoms with E-state index in [1.165, 1.54) is 24.3 Å². The lowest BCUT2D eigenvalue weighted by molar-refractivity contribution is 0.597. The summed E-state index contributed by atoms with van der Waals surface area (Å²) >= 11 is 3.18. The van der Waals surface area contributed by atoms with Gasteiger partial charge in [-0.2, -0.15) is 5.26 Å². The third-order valence-electron chi connectivity index (χ3n) is 2.65. The van der Waals surface area contributed by atoms with Crippen molar-refractivity contribution in [2.45, 2.75) is 4.90 Å². The lowest BCUT2D eigenvalue weighted by atomic mass is 10.2. The summed E-state index contributed by atoms with van der Waals surface area (Å²) in [7, 11) is -4.09. The van der Waals surface area contributed by atoms with Gasteiger partial charge in [-0.3, -0.25) is 4.72 Å². The molecule has 0 aliphatic rings. The number of hydrogen-bond donors (Lipinski definition) is 2. The molecular formula is C13H9BrFN3O2S. The van der Waals surface area contributed by atoms with Crippen molar-refractivity contribution in [2.75, 3.05) is 10.5 Å². The van der Waals surface area contributed by atoms with Crippen LogP contribution in [0, 0.1) is 17.1 Å². The van der Waals surface area contributed by atoms with Crippen molar-refractivity contribution in [1.82, 2.24) is 0 Å². The molecule has 0 saturated heterocycles. The van der Waals surface area contributed by atoms with Crippen LogP contribution in [0.4, 0.5) is 15.8 Å². The minimum absolute atomic E-state index is 0.0874. The molecule has 0 bridgehead atoms. The third kappa shape index (κ3) is 3.15. The number of nitriles is 1. The molecule has 5 nitrogen and oxygen atoms in total. The van der Waals surface area contributed by atoms with Crippen molar-refractivity contribution in [3.05, 3.63) is 52.3 Å². The van der Waals surface area contributed by atoms with Crippen molar-refractivity contribution >= 4 is 37.3 Å². The molecule has 0 aliphatic carbocycles. The molecule has 0 atom stereocenters. The Morgan fingerprint density at radius 2 is 2.00 bits per heavy atom. The topological polar surface area (TPSA) is 96.0 Å². The van der Waals surface area contributed by atoms with E-state index in [1.807, 2.05) is 6.07 Å². The summed E-state index contributed by atoms with van der Waals surface area (Å²) in [5, 5.41) is 9.02. The smallest absolute Gasteiger partial charge is 0.264 e. The molecule has 2 aromatic carbocycles. The molecule has 0 heterocycles. The first-order valence-electron chi connectivity index (χ1n) is 5.61. The number of anilines is 2. The fraction of sp³-hybridized carbons (Fsp3) is 0. The van der Waals surface area contributed by atoms with Gasteiger partial charge in [0.2, 0.25) is 0 Å². The van der Waals surface area contributed by atoms with Gasteiger partial charge in [0.15, 0.2) is 0 Å². The Labute approximate surface area is 129 Å². The molecule has 2 rings (SSSR count). The van der Waals surface area contributed by atoms with Crippen molar-refractivity contribution in [2.24, 2.45) is 0 Å². The summed E-state index contributed by atoms with van der Waals surface area (Å²) in [6.07, 6.45) is 0. The van der Waals surface area contributed by atoms with Crippen LogP contribution in [-0.4, -0.2) is 8.42 Å². The van der Waals surface area contributed by atoms with Crippen LogP contribution in [0.5, 0.6) is 0 Å². The average Bonchev–Trinajstić information content (AvgIpc) is 2.43. The Morgan fingerprint density at radius 3 is 2.67 bits per heavy atom. The molecule has 0 aliphatic heterocycles. The summed E-state index contributed by atoms with van der Waals surface area (Å²) in [5.74, 6) is -0.825. The highest BCUT2D eigenvalue weighted by Crippen LogP contribution is 2.26. The molecule has 8 heteroatoms. The van der Waals surface area contributed by atoms with Crippen LogP contribution >= 0.6 is 15.9 Å². The summed E-state index contributed by atoms with van der Waals surface area (Å²) in [4.78, 5) is -0.380. The van der Waals surface area contributed by atoms with Gasteiger partial charge in [0.25, 0.3) is 10.0 Å². The molecule has 0 unspecified atom stereocenters. The van der Waals surface area contributed by atoms with Crippen LogP contribution in [-0.2, 0) is 10.0 Å². The van der Waals surface area contributed by atoms with Gasteiger partial charge in [0.1, 0.15) is 16.8 Å². The number of sulfonamides is 1. The number of benzene rings is 2. The first kappa shape index (κ1) is 15.3. The molecule has 0 amide bonds. The largest absolute Gasteiger partial charge is 0.395 e. The first-order valence-corrected chi connectivity index (χ1v) is 7.89. The zero-order valence-corrected chi connectivity index (χ0v) is 12.9. The van der Waals surface area contributed by atoms with Gasteiger partial charge in [-0.15, -0.1) is 0 Å². The number of nitrogens with two attached hydrogens (primary N) is 1. The van der Waals surface area contributed by atoms with Gasteiger partial charge in [0.05, 0.1) is 16.9 Å². The van der Waals surface area contributed by atoms with Crippen LogP contribution in [0.2, 0.25) is 0 Å². The summed E-state index contributed by atoms with van der Waals surface area (Å²) in [5.41, 5.74) is 5.19. The third-order valence-corrected chi connectivity index (χ3v) is 4.57. The minimum Gasteiger partial charge on any atom is -0.395 e. The Kier molecular flexibility index (Phi) is 4.16. The highest BCUT2D eigenvalue weighted by atomic mass is 79.9. The fourth-order valence-corrected chi connectivity index (χ4v) is 3.23. The summed E-state index contributed by atoms with van der Waals surface area (Å²) in [6, 6.07) is 9.84. The van der Waals surface area contributed by atoms with E-state index in [-0.39, 0.29) is 16.1 Å². The average molecular weight is 370 g/mol. The zero-order valence-electron chi connectivity index (χ0n) is 10.5. The first-order chi connectivity index (χ1) is 9.85. The number of nitrogens with zero attached hydrogens (tertiary/aromatic N) is 1. The normalized spacial score (nSPS) is 10.9. The number of halogens is 2. The molecular weight excluding hydrogens is 361 g/mol. The number of nitrogens with one attached hydrogen (secondary N) is 1. The van der Waals surface area contributed by atoms with E-state index in [1.54, 1.807) is 6.07 Å². The Balaban J connectivity index is 2.48. The number of para-hydroxylation sites is 1. The maximum Gasteiger partial charge on any atom is 0.264 e. The number of rotatable bonds is 3. The highest BCUT2D eigenvalue weighted by molar-refractivity contribution is 9.10. The van der Waals surface area contributed by atoms with E-state index in [2.05, 4.69) is 20.7 Å². The predicted octanol–water partition coefficient (Wildman–Crippen LogP) is 2.84. The maximum absolute atomic E-state index is 13.4. The van der Waals surface area contributed by atoms with E-state index >= 15 is 0 Å². The van der Waals surface area contributed by atoms with Crippen LogP contribution < -0.4 is 10.5 Å². The van der Waals surface area contributed by atoms with Crippen molar-refractivity contribution in [3.8, 4) is 6.07 Å². The zero-order chi connectivity index (χ0) is 15.6. The molecule has 3 N–H and O–H groups in total. The SMILES string of the molecule is N#Cc1cc(Br)ccc1NS(=O)(=O)c1cccc(F)c1N. The van der Waals surface area contributed by atoms with Crippen LogP contribution in [0.3, 0.4) is 0 Å². The molecule has 108 valence electrons. The Bertz CT molecular complexity index is 847. The number of nitrogen functional groups attached to an aromatic ring is 1. The predicted molar refractivity (Wildman–Crippen MR) is 80.5 cm³/mol. The summed E-state index contributed by atoms with van der Waals surface area (Å²) < 4.78 is 40.7. The molecule has 21 heavy (non-hydrogen) atoms. The summed E-state index contributed by atoms with van der Waals surface area (Å²) in [6.45, 7) is 0. The number of hydrogen-bond acceptors (Lipinski definition) is 4. The molecule has 0 aromatic heterocycles. The van der Waals surface area contributed by atoms with Crippen molar-refractivity contribution in [1.29, 1.82) is 5.26 Å². The van der Waals surface area contributed by atoms with Gasteiger partial charge >= 0.3 is 0 Å². The van der Waals surface area contributed by atoms with E-state index in [4.69, 9.17) is 11.0 Å².